The third-order valence-corrected chi connectivity index (χ3v) is 9.85. The standard InChI is InChI=1S/C27H40O3/c1-4-7-18-16-23(28)27(3)14-12-22-21(25(18)27)10-9-19-17-20(11-13-26(19,22)2)30-24-8-5-6-15-29-24/h4,9,18,20-22,24-25H,1,5-8,10-17H2,2-3H3/t18-,20-,21+,22-,24?,25-,26-,27+/m0/s1. The Labute approximate surface area is 182 Å². The molecule has 0 bridgehead atoms. The van der Waals surface area contributed by atoms with Gasteiger partial charge < -0.3 is 9.47 Å². The van der Waals surface area contributed by atoms with E-state index in [0.717, 1.165) is 57.5 Å². The van der Waals surface area contributed by atoms with Gasteiger partial charge in [0.25, 0.3) is 0 Å². The van der Waals surface area contributed by atoms with Gasteiger partial charge in [0.15, 0.2) is 6.29 Å². The minimum atomic E-state index is -0.0881. The second kappa shape index (κ2) is 7.89. The number of hydrogen-bond donors (Lipinski definition) is 0. The third kappa shape index (κ3) is 3.26. The summed E-state index contributed by atoms with van der Waals surface area (Å²) in [5.41, 5.74) is 1.85. The Hall–Kier alpha value is -0.930. The van der Waals surface area contributed by atoms with Crippen molar-refractivity contribution in [3.8, 4) is 0 Å². The van der Waals surface area contributed by atoms with E-state index in [4.69, 9.17) is 9.47 Å². The first-order valence-corrected chi connectivity index (χ1v) is 12.6. The van der Waals surface area contributed by atoms with Crippen LogP contribution in [0.5, 0.6) is 0 Å². The van der Waals surface area contributed by atoms with Crippen LogP contribution in [-0.2, 0) is 14.3 Å². The minimum Gasteiger partial charge on any atom is -0.353 e. The van der Waals surface area contributed by atoms with E-state index in [1.54, 1.807) is 5.57 Å². The van der Waals surface area contributed by atoms with Crippen molar-refractivity contribution in [3.63, 3.8) is 0 Å². The lowest BCUT2D eigenvalue weighted by Crippen LogP contribution is -2.51. The molecular formula is C27H40O3. The Morgan fingerprint density at radius 2 is 2.00 bits per heavy atom. The Morgan fingerprint density at radius 3 is 2.77 bits per heavy atom. The summed E-state index contributed by atoms with van der Waals surface area (Å²) in [7, 11) is 0. The summed E-state index contributed by atoms with van der Waals surface area (Å²) >= 11 is 0. The van der Waals surface area contributed by atoms with Crippen LogP contribution in [0.2, 0.25) is 0 Å². The van der Waals surface area contributed by atoms with Crippen molar-refractivity contribution in [2.24, 2.45) is 34.5 Å². The molecule has 166 valence electrons. The van der Waals surface area contributed by atoms with Gasteiger partial charge in [0.1, 0.15) is 5.78 Å². The molecule has 0 aromatic heterocycles. The molecule has 0 spiro atoms. The molecule has 5 aliphatic rings. The van der Waals surface area contributed by atoms with E-state index in [1.807, 2.05) is 0 Å². The van der Waals surface area contributed by atoms with Crippen molar-refractivity contribution in [1.29, 1.82) is 0 Å². The molecular weight excluding hydrogens is 372 g/mol. The summed E-state index contributed by atoms with van der Waals surface area (Å²) in [4.78, 5) is 13.0. The molecule has 4 aliphatic carbocycles. The first-order chi connectivity index (χ1) is 14.5. The summed E-state index contributed by atoms with van der Waals surface area (Å²) in [5, 5.41) is 0. The predicted octanol–water partition coefficient (Wildman–Crippen LogP) is 6.23. The minimum absolute atomic E-state index is 0.0181. The zero-order chi connectivity index (χ0) is 20.9. The third-order valence-electron chi connectivity index (χ3n) is 9.85. The number of carbonyl (C=O) groups is 1. The lowest BCUT2D eigenvalue weighted by atomic mass is 9.47. The normalized spacial score (nSPS) is 48.3. The van der Waals surface area contributed by atoms with Crippen molar-refractivity contribution < 1.29 is 14.3 Å². The van der Waals surface area contributed by atoms with Crippen LogP contribution < -0.4 is 0 Å². The molecule has 1 aliphatic heterocycles. The SMILES string of the molecule is C=CC[C@H]1CC(=O)[C@@]2(C)CC[C@H]3[C@@H](CC=C4C[C@@H](OC5CCCCO5)CC[C@@]43C)[C@H]12. The molecule has 0 radical (unpaired) electrons. The van der Waals surface area contributed by atoms with Gasteiger partial charge in [-0.1, -0.05) is 31.6 Å². The molecule has 1 saturated heterocycles. The molecule has 8 atom stereocenters. The maximum absolute atomic E-state index is 13.0. The first kappa shape index (κ1) is 20.9. The number of allylic oxidation sites excluding steroid dienone is 2. The van der Waals surface area contributed by atoms with Crippen LogP contribution in [0.15, 0.2) is 24.3 Å². The maximum Gasteiger partial charge on any atom is 0.157 e. The molecule has 30 heavy (non-hydrogen) atoms. The van der Waals surface area contributed by atoms with Gasteiger partial charge in [0, 0.05) is 18.4 Å². The maximum atomic E-state index is 13.0. The van der Waals surface area contributed by atoms with Crippen molar-refractivity contribution in [3.05, 3.63) is 24.3 Å². The number of fused-ring (bicyclic) bond motifs is 5. The highest BCUT2D eigenvalue weighted by Gasteiger charge is 2.61. The zero-order valence-electron chi connectivity index (χ0n) is 19.0. The highest BCUT2D eigenvalue weighted by molar-refractivity contribution is 5.87. The Balaban J connectivity index is 1.35. The lowest BCUT2D eigenvalue weighted by molar-refractivity contribution is -0.195. The van der Waals surface area contributed by atoms with Crippen LogP contribution in [0.25, 0.3) is 0 Å². The number of ketones is 1. The molecule has 0 aromatic carbocycles. The summed E-state index contributed by atoms with van der Waals surface area (Å²) in [6, 6.07) is 0. The molecule has 1 heterocycles. The zero-order valence-corrected chi connectivity index (χ0v) is 19.0. The van der Waals surface area contributed by atoms with Gasteiger partial charge in [-0.2, -0.15) is 0 Å². The molecule has 3 saturated carbocycles. The van der Waals surface area contributed by atoms with E-state index < -0.39 is 0 Å². The second-order valence-electron chi connectivity index (χ2n) is 11.3. The number of rotatable bonds is 4. The Morgan fingerprint density at radius 1 is 1.17 bits per heavy atom. The summed E-state index contributed by atoms with van der Waals surface area (Å²) in [5.74, 6) is 2.96. The molecule has 0 aromatic rings. The fourth-order valence-corrected chi connectivity index (χ4v) is 8.27. The summed E-state index contributed by atoms with van der Waals surface area (Å²) < 4.78 is 12.2. The van der Waals surface area contributed by atoms with Gasteiger partial charge in [-0.05, 0) is 93.3 Å². The van der Waals surface area contributed by atoms with E-state index in [9.17, 15) is 4.79 Å². The van der Waals surface area contributed by atoms with E-state index in [-0.39, 0.29) is 11.7 Å². The molecule has 5 rings (SSSR count). The van der Waals surface area contributed by atoms with Crippen LogP contribution in [-0.4, -0.2) is 24.8 Å². The van der Waals surface area contributed by atoms with E-state index in [1.165, 1.54) is 25.7 Å². The summed E-state index contributed by atoms with van der Waals surface area (Å²) in [6.45, 7) is 9.68. The van der Waals surface area contributed by atoms with Gasteiger partial charge in [0.2, 0.25) is 0 Å². The average molecular weight is 413 g/mol. The van der Waals surface area contributed by atoms with Crippen molar-refractivity contribution in [2.75, 3.05) is 6.61 Å². The van der Waals surface area contributed by atoms with Gasteiger partial charge in [0.05, 0.1) is 6.10 Å². The lowest BCUT2D eigenvalue weighted by Gasteiger charge is -2.57. The van der Waals surface area contributed by atoms with Crippen LogP contribution in [0, 0.1) is 34.5 Å². The van der Waals surface area contributed by atoms with Crippen molar-refractivity contribution >= 4 is 5.78 Å². The van der Waals surface area contributed by atoms with Gasteiger partial charge in [-0.3, -0.25) is 4.79 Å². The molecule has 4 fully saturated rings. The van der Waals surface area contributed by atoms with Crippen LogP contribution in [0.4, 0.5) is 0 Å². The van der Waals surface area contributed by atoms with Gasteiger partial charge in [-0.25, -0.2) is 0 Å². The van der Waals surface area contributed by atoms with E-state index in [0.29, 0.717) is 35.1 Å². The van der Waals surface area contributed by atoms with Gasteiger partial charge >= 0.3 is 0 Å². The summed E-state index contributed by atoms with van der Waals surface area (Å²) in [6.07, 6.45) is 17.1. The fourth-order valence-electron chi connectivity index (χ4n) is 8.27. The quantitative estimate of drug-likeness (QED) is 0.513. The molecule has 1 unspecified atom stereocenters. The molecule has 0 N–H and O–H groups in total. The van der Waals surface area contributed by atoms with E-state index >= 15 is 0 Å². The van der Waals surface area contributed by atoms with Crippen LogP contribution in [0.1, 0.15) is 84.5 Å². The second-order valence-corrected chi connectivity index (χ2v) is 11.3. The van der Waals surface area contributed by atoms with Gasteiger partial charge in [-0.15, -0.1) is 6.58 Å². The Kier molecular flexibility index (Phi) is 5.51. The van der Waals surface area contributed by atoms with Crippen molar-refractivity contribution in [1.82, 2.24) is 0 Å². The van der Waals surface area contributed by atoms with E-state index in [2.05, 4.69) is 32.6 Å². The first-order valence-electron chi connectivity index (χ1n) is 12.6. The molecule has 3 nitrogen and oxygen atoms in total. The van der Waals surface area contributed by atoms with Crippen LogP contribution in [0.3, 0.4) is 0 Å². The number of ether oxygens (including phenoxy) is 2. The number of hydrogen-bond acceptors (Lipinski definition) is 3. The topological polar surface area (TPSA) is 35.5 Å². The average Bonchev–Trinajstić information content (AvgIpc) is 2.99. The largest absolute Gasteiger partial charge is 0.353 e. The monoisotopic (exact) mass is 412 g/mol. The smallest absolute Gasteiger partial charge is 0.157 e. The number of Topliss-reactive ketones (excluding diaryl/α,β-unsaturated/α-hetero) is 1. The highest BCUT2D eigenvalue weighted by Crippen LogP contribution is 2.65. The van der Waals surface area contributed by atoms with Crippen LogP contribution >= 0.6 is 0 Å². The number of carbonyl (C=O) groups excluding carboxylic acids is 1. The predicted molar refractivity (Wildman–Crippen MR) is 119 cm³/mol. The molecule has 3 heteroatoms. The highest BCUT2D eigenvalue weighted by atomic mass is 16.7. The fraction of sp³-hybridized carbons (Fsp3) is 0.815. The van der Waals surface area contributed by atoms with Crippen molar-refractivity contribution in [2.45, 2.75) is 96.9 Å². The Bertz CT molecular complexity index is 720. The molecule has 0 amide bonds.